The van der Waals surface area contributed by atoms with Gasteiger partial charge in [0.25, 0.3) is 0 Å². The van der Waals surface area contributed by atoms with Crippen LogP contribution in [0.1, 0.15) is 75.7 Å². The maximum Gasteiger partial charge on any atom is 0.0278 e. The number of benzene rings is 1. The third-order valence-electron chi connectivity index (χ3n) is 6.72. The quantitative estimate of drug-likeness (QED) is 0.714. The van der Waals surface area contributed by atoms with E-state index in [0.717, 1.165) is 12.1 Å². The van der Waals surface area contributed by atoms with E-state index in [2.05, 4.69) is 40.5 Å². The number of likely N-dealkylation sites (tertiary alicyclic amines) is 1. The zero-order valence-electron chi connectivity index (χ0n) is 15.9. The van der Waals surface area contributed by atoms with Gasteiger partial charge >= 0.3 is 0 Å². The number of nitrogens with zero attached hydrogens (tertiary/aromatic N) is 1. The van der Waals surface area contributed by atoms with Gasteiger partial charge in [0, 0.05) is 37.1 Å². The molecule has 4 heteroatoms. The third kappa shape index (κ3) is 5.38. The molecule has 1 aromatic carbocycles. The molecule has 0 spiro atoms. The van der Waals surface area contributed by atoms with E-state index in [4.69, 9.17) is 0 Å². The summed E-state index contributed by atoms with van der Waals surface area (Å²) in [4.78, 5) is 2.83. The molecule has 2 nitrogen and oxygen atoms in total. The minimum atomic E-state index is 0. The van der Waals surface area contributed by atoms with Crippen LogP contribution in [0.2, 0.25) is 0 Å². The second-order valence-electron chi connectivity index (χ2n) is 8.37. The van der Waals surface area contributed by atoms with Crippen LogP contribution < -0.4 is 5.32 Å². The van der Waals surface area contributed by atoms with Gasteiger partial charge < -0.3 is 5.32 Å². The van der Waals surface area contributed by atoms with Crippen LogP contribution in [-0.4, -0.2) is 36.1 Å². The normalized spacial score (nSPS) is 28.3. The van der Waals surface area contributed by atoms with E-state index in [0.29, 0.717) is 12.0 Å². The van der Waals surface area contributed by atoms with Crippen LogP contribution >= 0.6 is 24.8 Å². The molecule has 1 N–H and O–H groups in total. The fourth-order valence-corrected chi connectivity index (χ4v) is 5.36. The smallest absolute Gasteiger partial charge is 0.0278 e. The molecule has 2 saturated carbocycles. The Morgan fingerprint density at radius 3 is 2.00 bits per heavy atom. The molecule has 3 aliphatic rings. The Balaban J connectivity index is 0.00000121. The van der Waals surface area contributed by atoms with Crippen molar-refractivity contribution >= 4 is 24.8 Å². The van der Waals surface area contributed by atoms with E-state index >= 15 is 0 Å². The van der Waals surface area contributed by atoms with Gasteiger partial charge in [0.1, 0.15) is 0 Å². The van der Waals surface area contributed by atoms with Gasteiger partial charge in [-0.1, -0.05) is 68.9 Å². The summed E-state index contributed by atoms with van der Waals surface area (Å²) in [5.74, 6) is 0.676. The highest BCUT2D eigenvalue weighted by atomic mass is 35.5. The van der Waals surface area contributed by atoms with E-state index in [1.165, 1.54) is 77.3 Å². The average molecular weight is 399 g/mol. The summed E-state index contributed by atoms with van der Waals surface area (Å²) in [6, 6.07) is 13.6. The molecule has 1 aromatic rings. The van der Waals surface area contributed by atoms with Crippen LogP contribution in [0.5, 0.6) is 0 Å². The van der Waals surface area contributed by atoms with E-state index in [1.807, 2.05) is 0 Å². The van der Waals surface area contributed by atoms with Gasteiger partial charge in [-0.2, -0.15) is 0 Å². The molecule has 148 valence electrons. The predicted octanol–water partition coefficient (Wildman–Crippen LogP) is 5.55. The van der Waals surface area contributed by atoms with Gasteiger partial charge in [-0.3, -0.25) is 4.90 Å². The first-order valence-electron chi connectivity index (χ1n) is 10.5. The number of hydrogen-bond donors (Lipinski definition) is 1. The summed E-state index contributed by atoms with van der Waals surface area (Å²) < 4.78 is 0. The summed E-state index contributed by atoms with van der Waals surface area (Å²) >= 11 is 0. The largest absolute Gasteiger partial charge is 0.309 e. The molecule has 1 aliphatic heterocycles. The van der Waals surface area contributed by atoms with Crippen molar-refractivity contribution < 1.29 is 0 Å². The van der Waals surface area contributed by atoms with Crippen LogP contribution in [0.3, 0.4) is 0 Å². The Kier molecular flexibility index (Phi) is 9.23. The maximum atomic E-state index is 4.09. The highest BCUT2D eigenvalue weighted by Crippen LogP contribution is 2.34. The highest BCUT2D eigenvalue weighted by molar-refractivity contribution is 5.85. The van der Waals surface area contributed by atoms with Gasteiger partial charge in [-0.15, -0.1) is 24.8 Å². The lowest BCUT2D eigenvalue weighted by atomic mass is 9.90. The second-order valence-corrected chi connectivity index (χ2v) is 8.37. The third-order valence-corrected chi connectivity index (χ3v) is 6.72. The minimum absolute atomic E-state index is 0. The van der Waals surface area contributed by atoms with Gasteiger partial charge in [0.15, 0.2) is 0 Å². The Hall–Kier alpha value is -0.280. The Labute approximate surface area is 172 Å². The molecule has 4 rings (SSSR count). The number of rotatable bonds is 4. The molecule has 0 amide bonds. The molecule has 1 heterocycles. The molecule has 26 heavy (non-hydrogen) atoms. The number of nitrogens with one attached hydrogen (secondary N) is 1. The van der Waals surface area contributed by atoms with Gasteiger partial charge in [-0.25, -0.2) is 0 Å². The van der Waals surface area contributed by atoms with Crippen molar-refractivity contribution in [1.82, 2.24) is 10.2 Å². The minimum Gasteiger partial charge on any atom is -0.309 e. The number of hydrogen-bond acceptors (Lipinski definition) is 2. The van der Waals surface area contributed by atoms with E-state index in [9.17, 15) is 0 Å². The van der Waals surface area contributed by atoms with Crippen molar-refractivity contribution in [3.05, 3.63) is 35.9 Å². The van der Waals surface area contributed by atoms with Gasteiger partial charge in [0.2, 0.25) is 0 Å². The lowest BCUT2D eigenvalue weighted by molar-refractivity contribution is 0.184. The Morgan fingerprint density at radius 1 is 0.731 bits per heavy atom. The average Bonchev–Trinajstić information content (AvgIpc) is 3.08. The van der Waals surface area contributed by atoms with Crippen molar-refractivity contribution in [3.8, 4) is 0 Å². The van der Waals surface area contributed by atoms with Crippen LogP contribution in [0.15, 0.2) is 30.3 Å². The standard InChI is InChI=1S/C22H34N2.2ClH/c1-4-10-18(11-5-1)21-16-24(20-14-8-3-9-15-20)17-22(21)23-19-12-6-2-7-13-19;;/h1,4-5,10-11,19-23H,2-3,6-9,12-17H2;2*1H/t21-,22+;;/m0../s1. The molecular formula is C22H36Cl2N2. The van der Waals surface area contributed by atoms with E-state index < -0.39 is 0 Å². The topological polar surface area (TPSA) is 15.3 Å². The summed E-state index contributed by atoms with van der Waals surface area (Å²) in [7, 11) is 0. The fraction of sp³-hybridized carbons (Fsp3) is 0.727. The first kappa shape index (κ1) is 22.0. The summed E-state index contributed by atoms with van der Waals surface area (Å²) in [5.41, 5.74) is 1.55. The van der Waals surface area contributed by atoms with Crippen molar-refractivity contribution in [3.63, 3.8) is 0 Å². The predicted molar refractivity (Wildman–Crippen MR) is 116 cm³/mol. The van der Waals surface area contributed by atoms with Crippen molar-refractivity contribution in [1.29, 1.82) is 0 Å². The zero-order valence-corrected chi connectivity index (χ0v) is 17.6. The highest BCUT2D eigenvalue weighted by Gasteiger charge is 2.38. The lowest BCUT2D eigenvalue weighted by Gasteiger charge is -2.31. The van der Waals surface area contributed by atoms with Crippen LogP contribution in [0.25, 0.3) is 0 Å². The Bertz CT molecular complexity index is 498. The van der Waals surface area contributed by atoms with E-state index in [1.54, 1.807) is 5.56 Å². The fourth-order valence-electron chi connectivity index (χ4n) is 5.36. The van der Waals surface area contributed by atoms with Crippen LogP contribution in [0, 0.1) is 0 Å². The molecule has 0 unspecified atom stereocenters. The summed E-state index contributed by atoms with van der Waals surface area (Å²) in [6.45, 7) is 2.53. The monoisotopic (exact) mass is 398 g/mol. The van der Waals surface area contributed by atoms with Gasteiger partial charge in [0.05, 0.1) is 0 Å². The summed E-state index contributed by atoms with van der Waals surface area (Å²) in [6.07, 6.45) is 14.3. The first-order chi connectivity index (χ1) is 11.9. The molecule has 0 radical (unpaired) electrons. The molecule has 2 aliphatic carbocycles. The molecule has 2 atom stereocenters. The molecule has 0 aromatic heterocycles. The van der Waals surface area contributed by atoms with Crippen molar-refractivity contribution in [2.75, 3.05) is 13.1 Å². The van der Waals surface area contributed by atoms with Crippen molar-refractivity contribution in [2.24, 2.45) is 0 Å². The Morgan fingerprint density at radius 2 is 1.35 bits per heavy atom. The van der Waals surface area contributed by atoms with Crippen LogP contribution in [-0.2, 0) is 0 Å². The first-order valence-corrected chi connectivity index (χ1v) is 10.5. The second kappa shape index (κ2) is 10.9. The van der Waals surface area contributed by atoms with Crippen molar-refractivity contribution in [2.45, 2.75) is 88.3 Å². The lowest BCUT2D eigenvalue weighted by Crippen LogP contribution is -2.44. The molecule has 0 bridgehead atoms. The van der Waals surface area contributed by atoms with E-state index in [-0.39, 0.29) is 24.8 Å². The SMILES string of the molecule is Cl.Cl.c1ccc([C@@H]2CN(C3CCCCC3)C[C@H]2NC2CCCCC2)cc1. The molecular weight excluding hydrogens is 363 g/mol. The number of halogens is 2. The van der Waals surface area contributed by atoms with Crippen LogP contribution in [0.4, 0.5) is 0 Å². The molecule has 3 fully saturated rings. The molecule has 1 saturated heterocycles. The maximum absolute atomic E-state index is 4.09. The zero-order chi connectivity index (χ0) is 16.2. The van der Waals surface area contributed by atoms with Gasteiger partial charge in [-0.05, 0) is 31.2 Å². The summed E-state index contributed by atoms with van der Waals surface area (Å²) in [5, 5.41) is 4.09.